The van der Waals surface area contributed by atoms with E-state index in [1.807, 2.05) is 0 Å². The van der Waals surface area contributed by atoms with E-state index < -0.39 is 24.1 Å². The number of aromatic nitrogens is 2. The molecule has 1 fully saturated rings. The van der Waals surface area contributed by atoms with Gasteiger partial charge in [-0.3, -0.25) is 24.0 Å². The molecule has 0 radical (unpaired) electrons. The highest BCUT2D eigenvalue weighted by Gasteiger charge is 2.31. The molecule has 166 valence electrons. The number of hydrogen-bond donors (Lipinski definition) is 3. The van der Waals surface area contributed by atoms with Crippen molar-refractivity contribution in [2.24, 2.45) is 7.05 Å². The number of piperidine rings is 1. The molecule has 1 atom stereocenters. The molecule has 0 aliphatic carbocycles. The first-order valence-corrected chi connectivity index (χ1v) is 9.57. The largest absolute Gasteiger partial charge is 0.465 e. The SMILES string of the molecule is CN(CCOC(=O)NCc1ccc2c(c1)n(C)c(=O)n2C1CCC(=O)NC1=O)C(=O)O. The van der Waals surface area contributed by atoms with Crippen molar-refractivity contribution in [1.29, 1.82) is 0 Å². The number of likely N-dealkylation sites (N-methyl/N-ethyl adjacent to an activating group) is 1. The Kier molecular flexibility index (Phi) is 6.28. The molecule has 31 heavy (non-hydrogen) atoms. The topological polar surface area (TPSA) is 152 Å². The van der Waals surface area contributed by atoms with Gasteiger partial charge in [0.15, 0.2) is 0 Å². The number of nitrogens with one attached hydrogen (secondary N) is 2. The summed E-state index contributed by atoms with van der Waals surface area (Å²) in [5.74, 6) is -0.864. The van der Waals surface area contributed by atoms with Crippen molar-refractivity contribution in [2.45, 2.75) is 25.4 Å². The van der Waals surface area contributed by atoms with Gasteiger partial charge in [-0.1, -0.05) is 6.07 Å². The number of carboxylic acid groups (broad SMARTS) is 1. The number of amides is 4. The van der Waals surface area contributed by atoms with Crippen molar-refractivity contribution in [3.8, 4) is 0 Å². The molecule has 12 nitrogen and oxygen atoms in total. The fraction of sp³-hybridized carbons (Fsp3) is 0.421. The van der Waals surface area contributed by atoms with Crippen LogP contribution in [0, 0.1) is 0 Å². The summed E-state index contributed by atoms with van der Waals surface area (Å²) in [7, 11) is 2.95. The second kappa shape index (κ2) is 8.90. The highest BCUT2D eigenvalue weighted by molar-refractivity contribution is 6.00. The van der Waals surface area contributed by atoms with Gasteiger partial charge in [-0.2, -0.15) is 0 Å². The van der Waals surface area contributed by atoms with Crippen LogP contribution in [0.2, 0.25) is 0 Å². The summed E-state index contributed by atoms with van der Waals surface area (Å²) < 4.78 is 7.71. The minimum absolute atomic E-state index is 0.0463. The number of benzene rings is 1. The zero-order valence-electron chi connectivity index (χ0n) is 17.1. The lowest BCUT2D eigenvalue weighted by Gasteiger charge is -2.21. The Labute approximate surface area is 176 Å². The molecule has 0 saturated carbocycles. The number of ether oxygens (including phenoxy) is 1. The molecule has 2 aromatic rings. The van der Waals surface area contributed by atoms with E-state index in [1.165, 1.54) is 16.2 Å². The number of hydrogen-bond acceptors (Lipinski definition) is 6. The van der Waals surface area contributed by atoms with Gasteiger partial charge in [-0.25, -0.2) is 14.4 Å². The van der Waals surface area contributed by atoms with E-state index in [0.717, 1.165) is 4.90 Å². The molecule has 1 unspecified atom stereocenters. The van der Waals surface area contributed by atoms with Crippen LogP contribution in [0.5, 0.6) is 0 Å². The van der Waals surface area contributed by atoms with Crippen LogP contribution in [0.15, 0.2) is 23.0 Å². The molecule has 0 bridgehead atoms. The Morgan fingerprint density at radius 2 is 2.03 bits per heavy atom. The predicted octanol–water partition coefficient (Wildman–Crippen LogP) is 0.154. The number of rotatable bonds is 6. The maximum Gasteiger partial charge on any atom is 0.407 e. The Bertz CT molecular complexity index is 1100. The molecule has 12 heteroatoms. The molecular formula is C19H23N5O7. The molecule has 2 heterocycles. The number of imide groups is 1. The first kappa shape index (κ1) is 21.9. The molecule has 3 rings (SSSR count). The van der Waals surface area contributed by atoms with E-state index in [4.69, 9.17) is 9.84 Å². The quantitative estimate of drug-likeness (QED) is 0.549. The predicted molar refractivity (Wildman–Crippen MR) is 107 cm³/mol. The van der Waals surface area contributed by atoms with Gasteiger partial charge in [-0.05, 0) is 24.1 Å². The van der Waals surface area contributed by atoms with Crippen molar-refractivity contribution in [2.75, 3.05) is 20.2 Å². The molecular weight excluding hydrogens is 410 g/mol. The van der Waals surface area contributed by atoms with Gasteiger partial charge in [0.2, 0.25) is 11.8 Å². The third-order valence-electron chi connectivity index (χ3n) is 5.10. The van der Waals surface area contributed by atoms with Crippen LogP contribution < -0.4 is 16.3 Å². The maximum absolute atomic E-state index is 12.7. The first-order valence-electron chi connectivity index (χ1n) is 9.57. The monoisotopic (exact) mass is 433 g/mol. The van der Waals surface area contributed by atoms with Crippen molar-refractivity contribution in [3.05, 3.63) is 34.2 Å². The summed E-state index contributed by atoms with van der Waals surface area (Å²) in [6.45, 7) is 0.0863. The Balaban J connectivity index is 1.69. The van der Waals surface area contributed by atoms with Gasteiger partial charge in [0, 0.05) is 27.1 Å². The Morgan fingerprint density at radius 1 is 1.29 bits per heavy atom. The van der Waals surface area contributed by atoms with Gasteiger partial charge < -0.3 is 20.1 Å². The third-order valence-corrected chi connectivity index (χ3v) is 5.10. The molecule has 3 N–H and O–H groups in total. The minimum Gasteiger partial charge on any atom is -0.465 e. The van der Waals surface area contributed by atoms with E-state index in [9.17, 15) is 24.0 Å². The normalized spacial score (nSPS) is 16.1. The van der Waals surface area contributed by atoms with E-state index in [-0.39, 0.29) is 44.1 Å². The van der Waals surface area contributed by atoms with Gasteiger partial charge in [0.05, 0.1) is 17.6 Å². The molecule has 1 aliphatic heterocycles. The van der Waals surface area contributed by atoms with Crippen LogP contribution in [0.3, 0.4) is 0 Å². The van der Waals surface area contributed by atoms with Crippen molar-refractivity contribution < 1.29 is 29.0 Å². The third kappa shape index (κ3) is 4.68. The average Bonchev–Trinajstić information content (AvgIpc) is 2.96. The molecule has 1 aromatic carbocycles. The number of carbonyl (C=O) groups is 4. The molecule has 1 aliphatic rings. The smallest absolute Gasteiger partial charge is 0.407 e. The lowest BCUT2D eigenvalue weighted by Crippen LogP contribution is -2.44. The molecule has 1 aromatic heterocycles. The Morgan fingerprint density at radius 3 is 2.71 bits per heavy atom. The standard InChI is InChI=1S/C19H23N5O7/c1-22(19(29)30)7-8-31-17(27)20-10-11-3-4-12-14(9-11)23(2)18(28)24(12)13-5-6-15(25)21-16(13)26/h3-4,9,13H,5-8,10H2,1-2H3,(H,20,27)(H,29,30)(H,21,25,26). The average molecular weight is 433 g/mol. The lowest BCUT2D eigenvalue weighted by molar-refractivity contribution is -0.135. The van der Waals surface area contributed by atoms with Crippen molar-refractivity contribution in [1.82, 2.24) is 24.7 Å². The highest BCUT2D eigenvalue weighted by atomic mass is 16.5. The summed E-state index contributed by atoms with van der Waals surface area (Å²) in [4.78, 5) is 59.8. The fourth-order valence-corrected chi connectivity index (χ4v) is 3.34. The number of imidazole rings is 1. The Hall–Kier alpha value is -3.83. The highest BCUT2D eigenvalue weighted by Crippen LogP contribution is 2.23. The second-order valence-corrected chi connectivity index (χ2v) is 7.20. The van der Waals surface area contributed by atoms with Crippen LogP contribution >= 0.6 is 0 Å². The second-order valence-electron chi connectivity index (χ2n) is 7.20. The number of aryl methyl sites for hydroxylation is 1. The maximum atomic E-state index is 12.7. The van der Waals surface area contributed by atoms with E-state index in [2.05, 4.69) is 10.6 Å². The van der Waals surface area contributed by atoms with Crippen LogP contribution in [0.25, 0.3) is 11.0 Å². The van der Waals surface area contributed by atoms with Crippen LogP contribution in [-0.4, -0.2) is 63.3 Å². The van der Waals surface area contributed by atoms with Gasteiger partial charge in [0.25, 0.3) is 0 Å². The summed E-state index contributed by atoms with van der Waals surface area (Å²) in [5, 5.41) is 13.6. The minimum atomic E-state index is -1.12. The van der Waals surface area contributed by atoms with E-state index >= 15 is 0 Å². The van der Waals surface area contributed by atoms with Crippen molar-refractivity contribution in [3.63, 3.8) is 0 Å². The van der Waals surface area contributed by atoms with E-state index in [1.54, 1.807) is 25.2 Å². The van der Waals surface area contributed by atoms with Gasteiger partial charge in [-0.15, -0.1) is 0 Å². The fourth-order valence-electron chi connectivity index (χ4n) is 3.34. The van der Waals surface area contributed by atoms with Crippen molar-refractivity contribution >= 4 is 35.0 Å². The summed E-state index contributed by atoms with van der Waals surface area (Å²) in [6.07, 6.45) is -1.41. The summed E-state index contributed by atoms with van der Waals surface area (Å²) in [5.41, 5.74) is 1.44. The van der Waals surface area contributed by atoms with Crippen LogP contribution in [0.4, 0.5) is 9.59 Å². The van der Waals surface area contributed by atoms with Crippen LogP contribution in [0.1, 0.15) is 24.4 Å². The van der Waals surface area contributed by atoms with Gasteiger partial charge >= 0.3 is 17.9 Å². The number of alkyl carbamates (subject to hydrolysis) is 1. The number of fused-ring (bicyclic) bond motifs is 1. The first-order chi connectivity index (χ1) is 14.7. The van der Waals surface area contributed by atoms with Gasteiger partial charge in [0.1, 0.15) is 12.6 Å². The molecule has 4 amide bonds. The zero-order valence-corrected chi connectivity index (χ0v) is 17.1. The lowest BCUT2D eigenvalue weighted by atomic mass is 10.1. The number of nitrogens with zero attached hydrogens (tertiary/aromatic N) is 3. The summed E-state index contributed by atoms with van der Waals surface area (Å²) in [6, 6.07) is 4.35. The van der Waals surface area contributed by atoms with E-state index in [0.29, 0.717) is 16.6 Å². The van der Waals surface area contributed by atoms with Crippen LogP contribution in [-0.2, 0) is 27.9 Å². The zero-order chi connectivity index (χ0) is 22.7. The molecule has 1 saturated heterocycles. The number of carbonyl (C=O) groups excluding carboxylic acids is 3. The molecule has 0 spiro atoms. The summed E-state index contributed by atoms with van der Waals surface area (Å²) >= 11 is 0.